The number of rotatable bonds is 2. The van der Waals surface area contributed by atoms with Crippen LogP contribution in [0.15, 0.2) is 41.3 Å². The van der Waals surface area contributed by atoms with Crippen molar-refractivity contribution in [3.05, 3.63) is 58.3 Å². The first-order valence-corrected chi connectivity index (χ1v) is 8.64. The number of H-pyrrole nitrogens is 1. The Morgan fingerprint density at radius 1 is 1.33 bits per heavy atom. The highest BCUT2D eigenvalue weighted by atomic mass is 19.4. The van der Waals surface area contributed by atoms with Crippen molar-refractivity contribution in [2.75, 3.05) is 13.7 Å². The summed E-state index contributed by atoms with van der Waals surface area (Å²) in [5.41, 5.74) is 1.79. The molecule has 0 amide bonds. The minimum absolute atomic E-state index is 0.00749. The number of carboxylic acids is 1. The Hall–Kier alpha value is -3.63. The van der Waals surface area contributed by atoms with Gasteiger partial charge in [0.05, 0.1) is 25.2 Å². The summed E-state index contributed by atoms with van der Waals surface area (Å²) in [5, 5.41) is 7.12. The molecule has 8 nitrogen and oxygen atoms in total. The highest BCUT2D eigenvalue weighted by Gasteiger charge is 2.38. The molecule has 158 valence electrons. The fourth-order valence-corrected chi connectivity index (χ4v) is 2.86. The molecule has 3 aromatic rings. The number of alkyl halides is 3. The first-order chi connectivity index (χ1) is 14.2. The molecule has 1 aliphatic rings. The summed E-state index contributed by atoms with van der Waals surface area (Å²) >= 11 is 0. The largest absolute Gasteiger partial charge is 0.497 e. The number of ether oxygens (including phenoxy) is 2. The molecule has 2 aromatic heterocycles. The van der Waals surface area contributed by atoms with Crippen molar-refractivity contribution in [3.63, 3.8) is 0 Å². The smallest absolute Gasteiger partial charge is 0.490 e. The van der Waals surface area contributed by atoms with Crippen molar-refractivity contribution in [2.45, 2.75) is 18.5 Å². The predicted molar refractivity (Wildman–Crippen MR) is 98.8 cm³/mol. The minimum Gasteiger partial charge on any atom is -0.497 e. The molecule has 4 rings (SSSR count). The van der Waals surface area contributed by atoms with E-state index in [1.807, 2.05) is 18.2 Å². The molecule has 0 saturated carbocycles. The fourth-order valence-electron chi connectivity index (χ4n) is 2.86. The van der Waals surface area contributed by atoms with Gasteiger partial charge in [-0.1, -0.05) is 0 Å². The molecule has 1 aliphatic heterocycles. The molecule has 2 N–H and O–H groups in total. The number of carboxylic acid groups (broad SMARTS) is 1. The van der Waals surface area contributed by atoms with Gasteiger partial charge in [-0.2, -0.15) is 13.2 Å². The van der Waals surface area contributed by atoms with Crippen LogP contribution >= 0.6 is 0 Å². The van der Waals surface area contributed by atoms with Gasteiger partial charge in [0, 0.05) is 6.20 Å². The minimum atomic E-state index is -5.08. The first kappa shape index (κ1) is 21.1. The van der Waals surface area contributed by atoms with Crippen LogP contribution in [0.2, 0.25) is 0 Å². The highest BCUT2D eigenvalue weighted by molar-refractivity contribution is 5.73. The highest BCUT2D eigenvalue weighted by Crippen LogP contribution is 2.33. The van der Waals surface area contributed by atoms with Crippen LogP contribution in [0, 0.1) is 0 Å². The lowest BCUT2D eigenvalue weighted by Crippen LogP contribution is -2.24. The number of hydrogen-bond acceptors (Lipinski definition) is 6. The number of aromatic amines is 1. The normalized spacial score (nSPS) is 15.4. The third-order valence-corrected chi connectivity index (χ3v) is 4.29. The van der Waals surface area contributed by atoms with E-state index in [4.69, 9.17) is 19.4 Å². The van der Waals surface area contributed by atoms with E-state index in [9.17, 15) is 18.0 Å². The van der Waals surface area contributed by atoms with Crippen molar-refractivity contribution in [1.82, 2.24) is 15.0 Å². The van der Waals surface area contributed by atoms with Crippen LogP contribution in [0.5, 0.6) is 11.5 Å². The summed E-state index contributed by atoms with van der Waals surface area (Å²) in [7, 11) is 1.64. The first-order valence-electron chi connectivity index (χ1n) is 8.64. The number of pyridine rings is 1. The van der Waals surface area contributed by atoms with Crippen molar-refractivity contribution >= 4 is 17.0 Å². The lowest BCUT2D eigenvalue weighted by Gasteiger charge is -2.25. The molecular weight excluding hydrogens is 407 g/mol. The summed E-state index contributed by atoms with van der Waals surface area (Å²) < 4.78 is 42.8. The zero-order valence-corrected chi connectivity index (χ0v) is 15.6. The average Bonchev–Trinajstić information content (AvgIpc) is 2.72. The van der Waals surface area contributed by atoms with Crippen LogP contribution in [0.1, 0.15) is 17.3 Å². The van der Waals surface area contributed by atoms with Gasteiger partial charge in [-0.3, -0.25) is 4.79 Å². The van der Waals surface area contributed by atoms with E-state index in [-0.39, 0.29) is 11.5 Å². The standard InChI is InChI=1S/C17H15N3O3.C2HF3O2/c1-22-12-4-5-14-10(8-12)7-11(9-23-14)16-19-13-3-2-6-18-15(13)17(21)20-16;3-2(4,5)1(6)7/h2-6,8,11H,7,9H2,1H3,(H,19,20,21);(H,6,7). The number of methoxy groups -OCH3 is 1. The SMILES string of the molecule is COc1ccc2c(c1)CC(c1nc3cccnc3c(=O)[nH]1)CO2.O=C(O)C(F)(F)F. The summed E-state index contributed by atoms with van der Waals surface area (Å²) in [4.78, 5) is 32.5. The number of fused-ring (bicyclic) bond motifs is 2. The summed E-state index contributed by atoms with van der Waals surface area (Å²) in [6.45, 7) is 0.480. The van der Waals surface area contributed by atoms with Crippen molar-refractivity contribution in [3.8, 4) is 11.5 Å². The van der Waals surface area contributed by atoms with Gasteiger partial charge in [0.25, 0.3) is 5.56 Å². The van der Waals surface area contributed by atoms with Crippen LogP contribution in [0.25, 0.3) is 11.0 Å². The van der Waals surface area contributed by atoms with Crippen LogP contribution < -0.4 is 15.0 Å². The van der Waals surface area contributed by atoms with Gasteiger partial charge >= 0.3 is 12.1 Å². The Morgan fingerprint density at radius 3 is 2.73 bits per heavy atom. The maximum Gasteiger partial charge on any atom is 0.490 e. The maximum absolute atomic E-state index is 12.2. The van der Waals surface area contributed by atoms with Gasteiger partial charge in [0.1, 0.15) is 17.3 Å². The monoisotopic (exact) mass is 423 g/mol. The Kier molecular flexibility index (Phi) is 5.90. The second-order valence-corrected chi connectivity index (χ2v) is 6.31. The second kappa shape index (κ2) is 8.39. The molecule has 11 heteroatoms. The summed E-state index contributed by atoms with van der Waals surface area (Å²) in [6, 6.07) is 9.31. The average molecular weight is 423 g/mol. The van der Waals surface area contributed by atoms with Crippen LogP contribution in [-0.4, -0.2) is 45.9 Å². The number of carbonyl (C=O) groups is 1. The molecule has 0 aliphatic carbocycles. The zero-order chi connectivity index (χ0) is 21.9. The maximum atomic E-state index is 12.2. The number of hydrogen-bond donors (Lipinski definition) is 2. The van der Waals surface area contributed by atoms with Gasteiger partial charge < -0.3 is 19.6 Å². The summed E-state index contributed by atoms with van der Waals surface area (Å²) in [6.07, 6.45) is -2.76. The van der Waals surface area contributed by atoms with Gasteiger partial charge in [0.15, 0.2) is 5.52 Å². The molecule has 0 spiro atoms. The molecule has 30 heavy (non-hydrogen) atoms. The topological polar surface area (TPSA) is 114 Å². The zero-order valence-electron chi connectivity index (χ0n) is 15.6. The van der Waals surface area contributed by atoms with Crippen LogP contribution in [0.4, 0.5) is 13.2 Å². The third-order valence-electron chi connectivity index (χ3n) is 4.29. The number of aliphatic carboxylic acids is 1. The quantitative estimate of drug-likeness (QED) is 0.651. The predicted octanol–water partition coefficient (Wildman–Crippen LogP) is 2.68. The second-order valence-electron chi connectivity index (χ2n) is 6.31. The molecule has 0 radical (unpaired) electrons. The Bertz CT molecular complexity index is 1130. The van der Waals surface area contributed by atoms with Crippen LogP contribution in [-0.2, 0) is 11.2 Å². The molecule has 1 unspecified atom stereocenters. The van der Waals surface area contributed by atoms with Gasteiger partial charge in [0.2, 0.25) is 0 Å². The molecule has 0 saturated heterocycles. The van der Waals surface area contributed by atoms with E-state index in [2.05, 4.69) is 15.0 Å². The Balaban J connectivity index is 0.000000318. The lowest BCUT2D eigenvalue weighted by atomic mass is 9.95. The van der Waals surface area contributed by atoms with Crippen molar-refractivity contribution in [2.24, 2.45) is 0 Å². The number of nitrogens with zero attached hydrogens (tertiary/aromatic N) is 2. The van der Waals surface area contributed by atoms with Crippen molar-refractivity contribution in [1.29, 1.82) is 0 Å². The van der Waals surface area contributed by atoms with E-state index in [1.165, 1.54) is 0 Å². The van der Waals surface area contributed by atoms with Crippen molar-refractivity contribution < 1.29 is 32.5 Å². The molecule has 1 aromatic carbocycles. The molecule has 3 heterocycles. The number of aromatic nitrogens is 3. The summed E-state index contributed by atoms with van der Waals surface area (Å²) in [5.74, 6) is -0.493. The van der Waals surface area contributed by atoms with Crippen LogP contribution in [0.3, 0.4) is 0 Å². The van der Waals surface area contributed by atoms with E-state index >= 15 is 0 Å². The number of halogens is 3. The molecule has 1 atom stereocenters. The third kappa shape index (κ3) is 4.67. The van der Waals surface area contributed by atoms with Gasteiger partial charge in [-0.25, -0.2) is 14.8 Å². The molecule has 0 bridgehead atoms. The number of nitrogens with one attached hydrogen (secondary N) is 1. The molecular formula is C19H16F3N3O5. The van der Waals surface area contributed by atoms with E-state index in [0.29, 0.717) is 23.5 Å². The number of benzene rings is 1. The Morgan fingerprint density at radius 2 is 2.07 bits per heavy atom. The molecule has 0 fully saturated rings. The van der Waals surface area contributed by atoms with E-state index in [0.717, 1.165) is 23.5 Å². The fraction of sp³-hybridized carbons (Fsp3) is 0.263. The van der Waals surface area contributed by atoms with Gasteiger partial charge in [-0.15, -0.1) is 0 Å². The Labute approximate surface area is 167 Å². The van der Waals surface area contributed by atoms with Gasteiger partial charge in [-0.05, 0) is 42.3 Å². The van der Waals surface area contributed by atoms with E-state index in [1.54, 1.807) is 25.4 Å². The lowest BCUT2D eigenvalue weighted by molar-refractivity contribution is -0.192. The van der Waals surface area contributed by atoms with E-state index < -0.39 is 12.1 Å².